The van der Waals surface area contributed by atoms with Gasteiger partial charge in [-0.05, 0) is 30.4 Å². The molecule has 1 heteroatoms. The van der Waals surface area contributed by atoms with Gasteiger partial charge >= 0.3 is 0 Å². The molecular formula is C17H27F. The second kappa shape index (κ2) is 9.13. The van der Waals surface area contributed by atoms with E-state index in [4.69, 9.17) is 0 Å². The lowest BCUT2D eigenvalue weighted by Gasteiger charge is -2.17. The van der Waals surface area contributed by atoms with Gasteiger partial charge in [0.05, 0.1) is 0 Å². The van der Waals surface area contributed by atoms with Crippen molar-refractivity contribution >= 4 is 0 Å². The van der Waals surface area contributed by atoms with Crippen LogP contribution in [0.3, 0.4) is 0 Å². The van der Waals surface area contributed by atoms with Gasteiger partial charge in [-0.3, -0.25) is 0 Å². The highest BCUT2D eigenvalue weighted by Gasteiger charge is 2.14. The molecule has 0 spiro atoms. The van der Waals surface area contributed by atoms with Crippen molar-refractivity contribution in [1.82, 2.24) is 0 Å². The van der Waals surface area contributed by atoms with Crippen LogP contribution in [0, 0.1) is 5.82 Å². The molecule has 0 aromatic heterocycles. The first-order chi connectivity index (χ1) is 8.79. The number of hydrogen-bond donors (Lipinski definition) is 0. The summed E-state index contributed by atoms with van der Waals surface area (Å²) in [7, 11) is 0. The Kier molecular flexibility index (Phi) is 7.71. The van der Waals surface area contributed by atoms with E-state index in [-0.39, 0.29) is 5.82 Å². The molecule has 1 aromatic carbocycles. The summed E-state index contributed by atoms with van der Waals surface area (Å²) >= 11 is 0. The Bertz CT molecular complexity index is 319. The third-order valence-corrected chi connectivity index (χ3v) is 3.66. The van der Waals surface area contributed by atoms with E-state index in [0.29, 0.717) is 5.92 Å². The van der Waals surface area contributed by atoms with Gasteiger partial charge in [-0.15, -0.1) is 0 Å². The summed E-state index contributed by atoms with van der Waals surface area (Å²) in [5.41, 5.74) is 0.933. The summed E-state index contributed by atoms with van der Waals surface area (Å²) < 4.78 is 13.8. The van der Waals surface area contributed by atoms with Gasteiger partial charge < -0.3 is 0 Å². The van der Waals surface area contributed by atoms with Crippen molar-refractivity contribution in [2.24, 2.45) is 0 Å². The number of hydrogen-bond acceptors (Lipinski definition) is 0. The Morgan fingerprint density at radius 3 is 2.22 bits per heavy atom. The fourth-order valence-electron chi connectivity index (χ4n) is 2.53. The lowest BCUT2D eigenvalue weighted by molar-refractivity contribution is 0.486. The molecule has 0 saturated heterocycles. The second-order valence-corrected chi connectivity index (χ2v) is 5.21. The minimum absolute atomic E-state index is 0.0194. The minimum atomic E-state index is -0.0194. The number of rotatable bonds is 9. The molecule has 0 N–H and O–H groups in total. The van der Waals surface area contributed by atoms with Crippen LogP contribution in [0.4, 0.5) is 4.39 Å². The first-order valence-electron chi connectivity index (χ1n) is 7.54. The van der Waals surface area contributed by atoms with Crippen LogP contribution < -0.4 is 0 Å². The van der Waals surface area contributed by atoms with Gasteiger partial charge in [-0.1, -0.05) is 70.6 Å². The van der Waals surface area contributed by atoms with Crippen molar-refractivity contribution in [3.63, 3.8) is 0 Å². The van der Waals surface area contributed by atoms with Crippen LogP contribution in [0.25, 0.3) is 0 Å². The summed E-state index contributed by atoms with van der Waals surface area (Å²) in [5, 5.41) is 0. The zero-order chi connectivity index (χ0) is 13.2. The highest BCUT2D eigenvalue weighted by molar-refractivity contribution is 5.21. The van der Waals surface area contributed by atoms with E-state index in [0.717, 1.165) is 18.4 Å². The quantitative estimate of drug-likeness (QED) is 0.467. The maximum absolute atomic E-state index is 13.8. The molecule has 0 fully saturated rings. The number of halogens is 1. The normalized spacial score (nSPS) is 12.6. The van der Waals surface area contributed by atoms with Gasteiger partial charge in [0.15, 0.2) is 0 Å². The van der Waals surface area contributed by atoms with E-state index in [9.17, 15) is 4.39 Å². The molecule has 1 aromatic rings. The molecule has 0 nitrogen and oxygen atoms in total. The first-order valence-corrected chi connectivity index (χ1v) is 7.54. The van der Waals surface area contributed by atoms with Crippen molar-refractivity contribution in [3.05, 3.63) is 35.6 Å². The van der Waals surface area contributed by atoms with Crippen LogP contribution in [0.1, 0.15) is 76.7 Å². The molecule has 0 aliphatic rings. The van der Waals surface area contributed by atoms with E-state index >= 15 is 0 Å². The zero-order valence-corrected chi connectivity index (χ0v) is 11.9. The van der Waals surface area contributed by atoms with Crippen molar-refractivity contribution in [3.8, 4) is 0 Å². The molecule has 1 rings (SSSR count). The predicted molar refractivity (Wildman–Crippen MR) is 77.4 cm³/mol. The highest BCUT2D eigenvalue weighted by Crippen LogP contribution is 2.29. The van der Waals surface area contributed by atoms with Crippen LogP contribution in [0.2, 0.25) is 0 Å². The van der Waals surface area contributed by atoms with Gasteiger partial charge in [0, 0.05) is 0 Å². The smallest absolute Gasteiger partial charge is 0.126 e. The molecule has 1 unspecified atom stereocenters. The molecule has 1 atom stereocenters. The van der Waals surface area contributed by atoms with Gasteiger partial charge in [-0.2, -0.15) is 0 Å². The van der Waals surface area contributed by atoms with Crippen LogP contribution in [-0.2, 0) is 0 Å². The van der Waals surface area contributed by atoms with Crippen LogP contribution in [0.15, 0.2) is 24.3 Å². The Hall–Kier alpha value is -0.850. The van der Waals surface area contributed by atoms with Gasteiger partial charge in [0.2, 0.25) is 0 Å². The summed E-state index contributed by atoms with van der Waals surface area (Å²) in [6.45, 7) is 4.43. The summed E-state index contributed by atoms with van der Waals surface area (Å²) in [4.78, 5) is 0. The number of benzene rings is 1. The maximum Gasteiger partial charge on any atom is 0.126 e. The highest BCUT2D eigenvalue weighted by atomic mass is 19.1. The Balaban J connectivity index is 2.57. The SMILES string of the molecule is CCCCCCC(CCCC)c1ccccc1F. The molecule has 0 bridgehead atoms. The minimum Gasteiger partial charge on any atom is -0.207 e. The number of unbranched alkanes of at least 4 members (excludes halogenated alkanes) is 4. The largest absolute Gasteiger partial charge is 0.207 e. The Morgan fingerprint density at radius 2 is 1.56 bits per heavy atom. The van der Waals surface area contributed by atoms with Gasteiger partial charge in [0.1, 0.15) is 5.82 Å². The molecule has 102 valence electrons. The lowest BCUT2D eigenvalue weighted by Crippen LogP contribution is -2.02. The Labute approximate surface area is 112 Å². The van der Waals surface area contributed by atoms with E-state index < -0.39 is 0 Å². The average Bonchev–Trinajstić information content (AvgIpc) is 2.39. The van der Waals surface area contributed by atoms with Crippen LogP contribution in [0.5, 0.6) is 0 Å². The standard InChI is InChI=1S/C17H27F/c1-3-5-7-8-12-15(11-6-4-2)16-13-9-10-14-17(16)18/h9-10,13-15H,3-8,11-12H2,1-2H3. The third kappa shape index (κ3) is 5.20. The molecule has 0 radical (unpaired) electrons. The second-order valence-electron chi connectivity index (χ2n) is 5.21. The van der Waals surface area contributed by atoms with Crippen molar-refractivity contribution < 1.29 is 4.39 Å². The van der Waals surface area contributed by atoms with E-state index in [2.05, 4.69) is 13.8 Å². The fraction of sp³-hybridized carbons (Fsp3) is 0.647. The fourth-order valence-corrected chi connectivity index (χ4v) is 2.53. The predicted octanol–water partition coefficient (Wildman–Crippen LogP) is 6.07. The summed E-state index contributed by atoms with van der Waals surface area (Å²) in [6.07, 6.45) is 9.75. The molecule has 0 saturated carbocycles. The van der Waals surface area contributed by atoms with E-state index in [1.165, 1.54) is 38.5 Å². The third-order valence-electron chi connectivity index (χ3n) is 3.66. The monoisotopic (exact) mass is 250 g/mol. The van der Waals surface area contributed by atoms with Crippen LogP contribution >= 0.6 is 0 Å². The average molecular weight is 250 g/mol. The first kappa shape index (κ1) is 15.2. The lowest BCUT2D eigenvalue weighted by atomic mass is 9.88. The zero-order valence-electron chi connectivity index (χ0n) is 11.9. The van der Waals surface area contributed by atoms with Crippen molar-refractivity contribution in [1.29, 1.82) is 0 Å². The topological polar surface area (TPSA) is 0 Å². The van der Waals surface area contributed by atoms with Crippen molar-refractivity contribution in [2.45, 2.75) is 71.1 Å². The van der Waals surface area contributed by atoms with Gasteiger partial charge in [0.25, 0.3) is 0 Å². The summed E-state index contributed by atoms with van der Waals surface area (Å²) in [6, 6.07) is 7.31. The summed E-state index contributed by atoms with van der Waals surface area (Å²) in [5.74, 6) is 0.400. The molecule has 0 amide bonds. The van der Waals surface area contributed by atoms with Crippen LogP contribution in [-0.4, -0.2) is 0 Å². The van der Waals surface area contributed by atoms with Gasteiger partial charge in [-0.25, -0.2) is 4.39 Å². The van der Waals surface area contributed by atoms with E-state index in [1.807, 2.05) is 12.1 Å². The molecule has 0 heterocycles. The molecule has 18 heavy (non-hydrogen) atoms. The molecule has 0 aliphatic heterocycles. The Morgan fingerprint density at radius 1 is 0.889 bits per heavy atom. The van der Waals surface area contributed by atoms with Crippen molar-refractivity contribution in [2.75, 3.05) is 0 Å². The molecular weight excluding hydrogens is 223 g/mol. The maximum atomic E-state index is 13.8. The molecule has 0 aliphatic carbocycles. The van der Waals surface area contributed by atoms with E-state index in [1.54, 1.807) is 12.1 Å².